The van der Waals surface area contributed by atoms with Gasteiger partial charge in [-0.3, -0.25) is 4.79 Å². The first kappa shape index (κ1) is 19.7. The fourth-order valence-electron chi connectivity index (χ4n) is 3.71. The van der Waals surface area contributed by atoms with Crippen LogP contribution in [0.4, 0.5) is 0 Å². The van der Waals surface area contributed by atoms with Crippen molar-refractivity contribution in [3.05, 3.63) is 66.4 Å². The van der Waals surface area contributed by atoms with Crippen molar-refractivity contribution < 1.29 is 17.9 Å². The molecular weight excluding hydrogens is 388 g/mol. The van der Waals surface area contributed by atoms with Crippen LogP contribution in [0.15, 0.2) is 65.7 Å². The smallest absolute Gasteiger partial charge is 0.240 e. The van der Waals surface area contributed by atoms with E-state index in [1.54, 1.807) is 29.0 Å². The van der Waals surface area contributed by atoms with E-state index in [4.69, 9.17) is 4.74 Å². The molecule has 7 heteroatoms. The molecule has 1 aromatic heterocycles. The molecule has 2 heterocycles. The molecule has 152 valence electrons. The van der Waals surface area contributed by atoms with Crippen molar-refractivity contribution in [1.82, 2.24) is 9.88 Å². The zero-order chi connectivity index (χ0) is 20.3. The Hall–Kier alpha value is -2.64. The highest BCUT2D eigenvalue weighted by Gasteiger charge is 2.23. The second-order valence-corrected chi connectivity index (χ2v) is 9.28. The highest BCUT2D eigenvalue weighted by Crippen LogP contribution is 2.28. The number of benzene rings is 2. The molecule has 1 atom stereocenters. The summed E-state index contributed by atoms with van der Waals surface area (Å²) in [6.45, 7) is 1.29. The number of aromatic nitrogens is 1. The van der Waals surface area contributed by atoms with E-state index in [9.17, 15) is 13.2 Å². The van der Waals surface area contributed by atoms with Crippen molar-refractivity contribution >= 4 is 26.6 Å². The van der Waals surface area contributed by atoms with Crippen LogP contribution in [0.5, 0.6) is 0 Å². The Labute approximate surface area is 170 Å². The number of amides is 1. The van der Waals surface area contributed by atoms with Crippen LogP contribution < -0.4 is 5.32 Å². The van der Waals surface area contributed by atoms with Gasteiger partial charge < -0.3 is 14.6 Å². The van der Waals surface area contributed by atoms with E-state index >= 15 is 0 Å². The lowest BCUT2D eigenvalue weighted by Gasteiger charge is -2.11. The number of carbonyl (C=O) groups excluding carboxylic acids is 1. The molecule has 1 aliphatic heterocycles. The molecule has 0 spiro atoms. The number of sulfone groups is 1. The maximum atomic E-state index is 13.1. The normalized spacial score (nSPS) is 16.9. The van der Waals surface area contributed by atoms with Crippen LogP contribution in [-0.2, 0) is 31.7 Å². The number of fused-ring (bicyclic) bond motifs is 1. The third-order valence-electron chi connectivity index (χ3n) is 5.15. The summed E-state index contributed by atoms with van der Waals surface area (Å²) >= 11 is 0. The Balaban J connectivity index is 1.57. The summed E-state index contributed by atoms with van der Waals surface area (Å²) in [5.41, 5.74) is 1.46. The molecule has 29 heavy (non-hydrogen) atoms. The summed E-state index contributed by atoms with van der Waals surface area (Å²) in [5.74, 6) is -0.235. The van der Waals surface area contributed by atoms with Crippen LogP contribution in [0.3, 0.4) is 0 Å². The van der Waals surface area contributed by atoms with Crippen molar-refractivity contribution in [2.75, 3.05) is 13.2 Å². The van der Waals surface area contributed by atoms with E-state index < -0.39 is 9.84 Å². The molecule has 1 N–H and O–H groups in total. The van der Waals surface area contributed by atoms with Gasteiger partial charge >= 0.3 is 0 Å². The molecule has 1 fully saturated rings. The van der Waals surface area contributed by atoms with Gasteiger partial charge in [0.05, 0.1) is 16.8 Å². The molecular formula is C22H24N2O4S. The number of para-hydroxylation sites is 1. The molecule has 0 unspecified atom stereocenters. The molecule has 2 aromatic carbocycles. The van der Waals surface area contributed by atoms with Crippen LogP contribution in [0, 0.1) is 0 Å². The Morgan fingerprint density at radius 2 is 1.86 bits per heavy atom. The fraction of sp³-hybridized carbons (Fsp3) is 0.318. The van der Waals surface area contributed by atoms with Gasteiger partial charge in [-0.05, 0) is 24.5 Å². The molecule has 6 nitrogen and oxygen atoms in total. The molecule has 0 aliphatic carbocycles. The van der Waals surface area contributed by atoms with E-state index in [1.165, 1.54) is 0 Å². The van der Waals surface area contributed by atoms with E-state index in [0.29, 0.717) is 11.9 Å². The van der Waals surface area contributed by atoms with Gasteiger partial charge in [0.2, 0.25) is 5.91 Å². The summed E-state index contributed by atoms with van der Waals surface area (Å²) in [6, 6.07) is 16.4. The monoisotopic (exact) mass is 412 g/mol. The number of ether oxygens (including phenoxy) is 1. The summed E-state index contributed by atoms with van der Waals surface area (Å²) in [6.07, 6.45) is 3.62. The highest BCUT2D eigenvalue weighted by atomic mass is 32.2. The predicted octanol–water partition coefficient (Wildman–Crippen LogP) is 2.91. The van der Waals surface area contributed by atoms with E-state index in [0.717, 1.165) is 30.5 Å². The minimum Gasteiger partial charge on any atom is -0.376 e. The molecule has 1 amide bonds. The maximum absolute atomic E-state index is 13.1. The number of rotatable bonds is 7. The van der Waals surface area contributed by atoms with Crippen LogP contribution in [-0.4, -0.2) is 38.1 Å². The largest absolute Gasteiger partial charge is 0.376 e. The fourth-order valence-corrected chi connectivity index (χ4v) is 5.29. The van der Waals surface area contributed by atoms with Crippen LogP contribution in [0.25, 0.3) is 10.9 Å². The molecule has 3 aromatic rings. The standard InChI is InChI=1S/C22H24N2O4S/c25-22(23-13-18-9-6-12-28-18)15-24-14-21(19-10-4-5-11-20(19)24)29(26,27)16-17-7-2-1-3-8-17/h1-5,7-8,10-11,14,18H,6,9,12-13,15-16H2,(H,23,25)/t18-/m0/s1. The second kappa shape index (κ2) is 8.39. The average molecular weight is 413 g/mol. The second-order valence-electron chi connectivity index (χ2n) is 7.32. The van der Waals surface area contributed by atoms with Gasteiger partial charge in [-0.2, -0.15) is 0 Å². The molecule has 1 saturated heterocycles. The molecule has 0 saturated carbocycles. The first-order valence-electron chi connectivity index (χ1n) is 9.76. The molecule has 0 bridgehead atoms. The Bertz CT molecular complexity index is 1100. The van der Waals surface area contributed by atoms with Crippen molar-refractivity contribution in [2.24, 2.45) is 0 Å². The van der Waals surface area contributed by atoms with Gasteiger partial charge in [-0.1, -0.05) is 48.5 Å². The summed E-state index contributed by atoms with van der Waals surface area (Å²) < 4.78 is 33.4. The van der Waals surface area contributed by atoms with Gasteiger partial charge in [0.15, 0.2) is 9.84 Å². The van der Waals surface area contributed by atoms with Crippen LogP contribution in [0.1, 0.15) is 18.4 Å². The lowest BCUT2D eigenvalue weighted by atomic mass is 10.2. The Kier molecular flexibility index (Phi) is 5.69. The van der Waals surface area contributed by atoms with E-state index in [-0.39, 0.29) is 29.2 Å². The SMILES string of the molecule is O=C(Cn1cc(S(=O)(=O)Cc2ccccc2)c2ccccc21)NC[C@@H]1CCCO1. The van der Waals surface area contributed by atoms with Crippen LogP contribution in [0.2, 0.25) is 0 Å². The van der Waals surface area contributed by atoms with Gasteiger partial charge in [0.1, 0.15) is 6.54 Å². The summed E-state index contributed by atoms with van der Waals surface area (Å²) in [5, 5.41) is 3.53. The third-order valence-corrected chi connectivity index (χ3v) is 6.86. The van der Waals surface area contributed by atoms with Crippen molar-refractivity contribution in [1.29, 1.82) is 0 Å². The Morgan fingerprint density at radius 1 is 1.10 bits per heavy atom. The predicted molar refractivity (Wildman–Crippen MR) is 111 cm³/mol. The van der Waals surface area contributed by atoms with E-state index in [1.807, 2.05) is 36.4 Å². The van der Waals surface area contributed by atoms with Crippen molar-refractivity contribution in [2.45, 2.75) is 36.1 Å². The molecule has 4 rings (SSSR count). The Morgan fingerprint density at radius 3 is 2.62 bits per heavy atom. The van der Waals surface area contributed by atoms with Crippen molar-refractivity contribution in [3.8, 4) is 0 Å². The third kappa shape index (κ3) is 4.52. The zero-order valence-corrected chi connectivity index (χ0v) is 16.9. The summed E-state index contributed by atoms with van der Waals surface area (Å²) in [7, 11) is -3.55. The van der Waals surface area contributed by atoms with Crippen molar-refractivity contribution in [3.63, 3.8) is 0 Å². The molecule has 1 aliphatic rings. The summed E-state index contributed by atoms with van der Waals surface area (Å²) in [4.78, 5) is 12.7. The highest BCUT2D eigenvalue weighted by molar-refractivity contribution is 7.90. The van der Waals surface area contributed by atoms with Gasteiger partial charge in [-0.25, -0.2) is 8.42 Å². The van der Waals surface area contributed by atoms with E-state index in [2.05, 4.69) is 5.32 Å². The first-order valence-corrected chi connectivity index (χ1v) is 11.4. The molecule has 0 radical (unpaired) electrons. The number of nitrogens with zero attached hydrogens (tertiary/aromatic N) is 1. The number of carbonyl (C=O) groups is 1. The lowest BCUT2D eigenvalue weighted by molar-refractivity contribution is -0.122. The van der Waals surface area contributed by atoms with Gasteiger partial charge in [0, 0.05) is 30.3 Å². The number of nitrogens with one attached hydrogen (secondary N) is 1. The average Bonchev–Trinajstić information content (AvgIpc) is 3.36. The minimum absolute atomic E-state index is 0.0636. The topological polar surface area (TPSA) is 77.4 Å². The minimum atomic E-state index is -3.55. The number of hydrogen-bond acceptors (Lipinski definition) is 4. The van der Waals surface area contributed by atoms with Gasteiger partial charge in [0.25, 0.3) is 0 Å². The van der Waals surface area contributed by atoms with Crippen LogP contribution >= 0.6 is 0 Å². The lowest BCUT2D eigenvalue weighted by Crippen LogP contribution is -2.34. The first-order chi connectivity index (χ1) is 14.0. The van der Waals surface area contributed by atoms with Gasteiger partial charge in [-0.15, -0.1) is 0 Å². The zero-order valence-electron chi connectivity index (χ0n) is 16.1. The maximum Gasteiger partial charge on any atom is 0.240 e. The quantitative estimate of drug-likeness (QED) is 0.647. The number of hydrogen-bond donors (Lipinski definition) is 1.